The molecule has 9 nitrogen and oxygen atoms in total. The molecule has 3 heterocycles. The highest BCUT2D eigenvalue weighted by Crippen LogP contribution is 2.38. The van der Waals surface area contributed by atoms with E-state index < -0.39 is 17.5 Å². The van der Waals surface area contributed by atoms with Gasteiger partial charge in [-0.15, -0.1) is 0 Å². The normalized spacial score (nSPS) is 14.7. The Morgan fingerprint density at radius 2 is 1.44 bits per heavy atom. The molecule has 1 saturated heterocycles. The SMILES string of the molecule is COc1ccc(C2(c3ccc(OC)cc3)NC(=O)N(Cc3cc(=O)n4c(C)cccc4n3)C2=O)cc1. The van der Waals surface area contributed by atoms with E-state index in [0.717, 1.165) is 10.6 Å². The van der Waals surface area contributed by atoms with Gasteiger partial charge in [-0.1, -0.05) is 30.3 Å². The third-order valence-electron chi connectivity index (χ3n) is 6.40. The molecule has 1 aliphatic heterocycles. The van der Waals surface area contributed by atoms with Gasteiger partial charge in [-0.3, -0.25) is 18.9 Å². The topological polar surface area (TPSA) is 102 Å². The lowest BCUT2D eigenvalue weighted by Gasteiger charge is -2.28. The van der Waals surface area contributed by atoms with Gasteiger partial charge in [-0.25, -0.2) is 9.78 Å². The number of nitrogens with one attached hydrogen (secondary N) is 1. The first-order valence-corrected chi connectivity index (χ1v) is 11.3. The lowest BCUT2D eigenvalue weighted by molar-refractivity contribution is -0.130. The van der Waals surface area contributed by atoms with Gasteiger partial charge in [-0.2, -0.15) is 0 Å². The van der Waals surface area contributed by atoms with Crippen LogP contribution >= 0.6 is 0 Å². The smallest absolute Gasteiger partial charge is 0.325 e. The van der Waals surface area contributed by atoms with Crippen LogP contribution < -0.4 is 20.3 Å². The number of hydrogen-bond acceptors (Lipinski definition) is 6. The predicted molar refractivity (Wildman–Crippen MR) is 132 cm³/mol. The maximum absolute atomic E-state index is 14.0. The van der Waals surface area contributed by atoms with E-state index in [1.807, 2.05) is 13.0 Å². The zero-order valence-corrected chi connectivity index (χ0v) is 20.0. The number of urea groups is 1. The number of ether oxygens (including phenoxy) is 2. The van der Waals surface area contributed by atoms with Crippen molar-refractivity contribution in [1.82, 2.24) is 19.6 Å². The summed E-state index contributed by atoms with van der Waals surface area (Å²) >= 11 is 0. The number of methoxy groups -OCH3 is 2. The molecule has 1 aliphatic rings. The van der Waals surface area contributed by atoms with Crippen LogP contribution in [-0.4, -0.2) is 40.4 Å². The van der Waals surface area contributed by atoms with Crippen LogP contribution in [0.3, 0.4) is 0 Å². The Bertz CT molecular complexity index is 1480. The van der Waals surface area contributed by atoms with Crippen molar-refractivity contribution in [1.29, 1.82) is 0 Å². The van der Waals surface area contributed by atoms with Crippen molar-refractivity contribution in [3.63, 3.8) is 0 Å². The van der Waals surface area contributed by atoms with Crippen LogP contribution in [0.2, 0.25) is 0 Å². The number of imide groups is 1. The fraction of sp³-hybridized carbons (Fsp3) is 0.185. The number of aromatic nitrogens is 2. The van der Waals surface area contributed by atoms with E-state index in [1.165, 1.54) is 10.5 Å². The van der Waals surface area contributed by atoms with Crippen LogP contribution in [0.15, 0.2) is 77.6 Å². The first-order valence-electron chi connectivity index (χ1n) is 11.3. The highest BCUT2D eigenvalue weighted by molar-refractivity contribution is 6.09. The summed E-state index contributed by atoms with van der Waals surface area (Å²) in [6.07, 6.45) is 0. The third-order valence-corrected chi connectivity index (χ3v) is 6.40. The Hall–Kier alpha value is -4.66. The number of amides is 3. The van der Waals surface area contributed by atoms with Gasteiger partial charge in [0.05, 0.1) is 26.5 Å². The molecule has 0 aliphatic carbocycles. The van der Waals surface area contributed by atoms with Crippen molar-refractivity contribution in [3.8, 4) is 11.5 Å². The molecule has 2 aromatic heterocycles. The average Bonchev–Trinajstić information content (AvgIpc) is 3.14. The molecular weight excluding hydrogens is 460 g/mol. The fourth-order valence-electron chi connectivity index (χ4n) is 4.57. The molecule has 36 heavy (non-hydrogen) atoms. The van der Waals surface area contributed by atoms with Crippen molar-refractivity contribution in [2.24, 2.45) is 0 Å². The molecule has 9 heteroatoms. The van der Waals surface area contributed by atoms with Crippen LogP contribution in [0, 0.1) is 6.92 Å². The molecular formula is C27H24N4O5. The van der Waals surface area contributed by atoms with Crippen LogP contribution in [-0.2, 0) is 16.9 Å². The molecule has 3 amide bonds. The zero-order chi connectivity index (χ0) is 25.4. The van der Waals surface area contributed by atoms with E-state index in [2.05, 4.69) is 10.3 Å². The van der Waals surface area contributed by atoms with Crippen molar-refractivity contribution in [2.45, 2.75) is 19.0 Å². The summed E-state index contributed by atoms with van der Waals surface area (Å²) in [5.41, 5.74) is 0.878. The first kappa shape index (κ1) is 23.1. The minimum atomic E-state index is -1.47. The maximum Gasteiger partial charge on any atom is 0.325 e. The minimum absolute atomic E-state index is 0.154. The molecule has 0 atom stereocenters. The molecule has 0 bridgehead atoms. The standard InChI is InChI=1S/C27H24N4O5/c1-17-5-4-6-23-28-20(15-24(32)31(17)23)16-30-25(33)27(29-26(30)34,18-7-11-21(35-2)12-8-18)19-9-13-22(36-3)14-10-19/h4-15H,16H2,1-3H3,(H,29,34). The minimum Gasteiger partial charge on any atom is -0.497 e. The van der Waals surface area contributed by atoms with E-state index >= 15 is 0 Å². The number of aryl methyl sites for hydroxylation is 1. The molecule has 5 rings (SSSR count). The number of benzene rings is 2. The molecule has 0 unspecified atom stereocenters. The monoisotopic (exact) mass is 484 g/mol. The van der Waals surface area contributed by atoms with E-state index in [-0.39, 0.29) is 12.1 Å². The molecule has 2 aromatic carbocycles. The van der Waals surface area contributed by atoms with Crippen molar-refractivity contribution in [3.05, 3.63) is 106 Å². The second kappa shape index (κ2) is 8.84. The summed E-state index contributed by atoms with van der Waals surface area (Å²) in [4.78, 5) is 45.6. The number of nitrogens with zero attached hydrogens (tertiary/aromatic N) is 3. The molecule has 0 saturated carbocycles. The average molecular weight is 485 g/mol. The van der Waals surface area contributed by atoms with Gasteiger partial charge < -0.3 is 14.8 Å². The second-order valence-electron chi connectivity index (χ2n) is 8.47. The van der Waals surface area contributed by atoms with Crippen molar-refractivity contribution in [2.75, 3.05) is 14.2 Å². The van der Waals surface area contributed by atoms with E-state index in [0.29, 0.717) is 34.0 Å². The van der Waals surface area contributed by atoms with Gasteiger partial charge >= 0.3 is 6.03 Å². The number of carbonyl (C=O) groups excluding carboxylic acids is 2. The Kier molecular flexibility index (Phi) is 5.68. The summed E-state index contributed by atoms with van der Waals surface area (Å²) in [5, 5.41) is 2.90. The first-order chi connectivity index (χ1) is 17.4. The van der Waals surface area contributed by atoms with Gasteiger partial charge in [-0.05, 0) is 54.4 Å². The summed E-state index contributed by atoms with van der Waals surface area (Å²) < 4.78 is 12.0. The van der Waals surface area contributed by atoms with Crippen LogP contribution in [0.1, 0.15) is 22.5 Å². The molecule has 1 N–H and O–H groups in total. The van der Waals surface area contributed by atoms with Gasteiger partial charge in [0.25, 0.3) is 11.5 Å². The van der Waals surface area contributed by atoms with Crippen molar-refractivity contribution < 1.29 is 19.1 Å². The van der Waals surface area contributed by atoms with Gasteiger partial charge in [0.15, 0.2) is 5.54 Å². The lowest BCUT2D eigenvalue weighted by Crippen LogP contribution is -2.45. The Morgan fingerprint density at radius 3 is 2.00 bits per heavy atom. The molecule has 0 radical (unpaired) electrons. The van der Waals surface area contributed by atoms with Crippen LogP contribution in [0.25, 0.3) is 5.65 Å². The highest BCUT2D eigenvalue weighted by atomic mass is 16.5. The van der Waals surface area contributed by atoms with Crippen molar-refractivity contribution >= 4 is 17.6 Å². The van der Waals surface area contributed by atoms with Crippen LogP contribution in [0.4, 0.5) is 4.79 Å². The molecule has 182 valence electrons. The summed E-state index contributed by atoms with van der Waals surface area (Å²) in [6, 6.07) is 20.0. The van der Waals surface area contributed by atoms with Crippen LogP contribution in [0.5, 0.6) is 11.5 Å². The summed E-state index contributed by atoms with van der Waals surface area (Å²) in [7, 11) is 3.11. The second-order valence-corrected chi connectivity index (χ2v) is 8.47. The largest absolute Gasteiger partial charge is 0.497 e. The number of pyridine rings is 1. The predicted octanol–water partition coefficient (Wildman–Crippen LogP) is 3.02. The Labute approximate surface area is 206 Å². The molecule has 0 spiro atoms. The van der Waals surface area contributed by atoms with E-state index in [1.54, 1.807) is 74.9 Å². The van der Waals surface area contributed by atoms with E-state index in [9.17, 15) is 14.4 Å². The number of rotatable bonds is 6. The quantitative estimate of drug-likeness (QED) is 0.422. The lowest BCUT2D eigenvalue weighted by atomic mass is 9.82. The molecule has 1 fully saturated rings. The number of hydrogen-bond donors (Lipinski definition) is 1. The fourth-order valence-corrected chi connectivity index (χ4v) is 4.57. The number of fused-ring (bicyclic) bond motifs is 1. The maximum atomic E-state index is 14.0. The van der Waals surface area contributed by atoms with Gasteiger partial charge in [0, 0.05) is 11.8 Å². The van der Waals surface area contributed by atoms with Gasteiger partial charge in [0.1, 0.15) is 17.1 Å². The Balaban J connectivity index is 1.59. The molecule has 4 aromatic rings. The number of carbonyl (C=O) groups is 2. The zero-order valence-electron chi connectivity index (χ0n) is 20.0. The summed E-state index contributed by atoms with van der Waals surface area (Å²) in [6.45, 7) is 1.66. The third kappa shape index (κ3) is 3.65. The summed E-state index contributed by atoms with van der Waals surface area (Å²) in [5.74, 6) is 0.760. The van der Waals surface area contributed by atoms with E-state index in [4.69, 9.17) is 9.47 Å². The highest BCUT2D eigenvalue weighted by Gasteiger charge is 2.53. The Morgan fingerprint density at radius 1 is 0.861 bits per heavy atom. The van der Waals surface area contributed by atoms with Gasteiger partial charge in [0.2, 0.25) is 0 Å².